The van der Waals surface area contributed by atoms with Gasteiger partial charge in [0, 0.05) is 35.9 Å². The van der Waals surface area contributed by atoms with Gasteiger partial charge in [-0.2, -0.15) is 0 Å². The number of carbonyl (C=O) groups is 3. The van der Waals surface area contributed by atoms with Crippen molar-refractivity contribution < 1.29 is 24.4 Å². The molecule has 0 bridgehead atoms. The van der Waals surface area contributed by atoms with Gasteiger partial charge in [-0.1, -0.05) is 23.1 Å². The van der Waals surface area contributed by atoms with Crippen LogP contribution < -0.4 is 10.6 Å². The molecule has 0 radical (unpaired) electrons. The van der Waals surface area contributed by atoms with Crippen molar-refractivity contribution in [2.45, 2.75) is 29.1 Å². The summed E-state index contributed by atoms with van der Waals surface area (Å²) in [5.74, 6) is -0.760. The molecule has 30 heavy (non-hydrogen) atoms. The molecule has 2 fully saturated rings. The van der Waals surface area contributed by atoms with E-state index in [0.29, 0.717) is 10.1 Å². The van der Waals surface area contributed by atoms with Gasteiger partial charge in [-0.25, -0.2) is 4.79 Å². The zero-order chi connectivity index (χ0) is 21.9. The first-order chi connectivity index (χ1) is 14.2. The van der Waals surface area contributed by atoms with Crippen molar-refractivity contribution in [2.75, 3.05) is 31.1 Å². The number of urea groups is 1. The highest BCUT2D eigenvalue weighted by atomic mass is 32.2. The smallest absolute Gasteiger partial charge is 0.315 e. The first kappa shape index (κ1) is 22.6. The van der Waals surface area contributed by atoms with Gasteiger partial charge in [-0.15, -0.1) is 22.0 Å². The molecule has 0 aromatic carbocycles. The largest absolute Gasteiger partial charge is 0.481 e. The number of amides is 3. The van der Waals surface area contributed by atoms with Crippen molar-refractivity contribution in [3.8, 4) is 0 Å². The van der Waals surface area contributed by atoms with Crippen LogP contribution in [-0.2, 0) is 9.59 Å². The average molecular weight is 477 g/mol. The van der Waals surface area contributed by atoms with Gasteiger partial charge in [0.05, 0.1) is 0 Å². The number of aliphatic carboxylic acids is 1. The molecule has 0 spiro atoms. The van der Waals surface area contributed by atoms with Crippen LogP contribution >= 0.6 is 34.9 Å². The zero-order valence-electron chi connectivity index (χ0n) is 15.9. The lowest BCUT2D eigenvalue weighted by Gasteiger charge is -2.53. The topological polar surface area (TPSA) is 168 Å². The van der Waals surface area contributed by atoms with Gasteiger partial charge in [-0.3, -0.25) is 19.7 Å². The fourth-order valence-electron chi connectivity index (χ4n) is 3.04. The fraction of sp³-hybridized carbons (Fsp3) is 0.667. The number of aromatic nitrogens is 2. The Balaban J connectivity index is 1.52. The molecule has 2 aliphatic rings. The number of hydrogen-bond acceptors (Lipinski definition) is 10. The van der Waals surface area contributed by atoms with Crippen LogP contribution in [0.2, 0.25) is 0 Å². The number of carboxylic acid groups (broad SMARTS) is 1. The molecule has 164 valence electrons. The minimum Gasteiger partial charge on any atom is -0.481 e. The molecule has 1 aromatic rings. The quantitative estimate of drug-likeness (QED) is 0.148. The number of thioether (sulfide) groups is 2. The summed E-state index contributed by atoms with van der Waals surface area (Å²) in [5, 5.41) is 33.6. The van der Waals surface area contributed by atoms with Gasteiger partial charge in [0.2, 0.25) is 12.5 Å². The monoisotopic (exact) mass is 476 g/mol. The summed E-state index contributed by atoms with van der Waals surface area (Å²) in [6.07, 6.45) is 0.191. The zero-order valence-corrected chi connectivity index (χ0v) is 18.3. The first-order valence-corrected chi connectivity index (χ1v) is 11.8. The van der Waals surface area contributed by atoms with Gasteiger partial charge in [0.1, 0.15) is 21.8 Å². The van der Waals surface area contributed by atoms with E-state index < -0.39 is 28.4 Å². The van der Waals surface area contributed by atoms with Gasteiger partial charge < -0.3 is 20.6 Å². The van der Waals surface area contributed by atoms with Crippen molar-refractivity contribution in [1.82, 2.24) is 25.7 Å². The highest BCUT2D eigenvalue weighted by Crippen LogP contribution is 2.44. The summed E-state index contributed by atoms with van der Waals surface area (Å²) >= 11 is 4.02. The number of aryl methyl sites for hydroxylation is 1. The lowest BCUT2D eigenvalue weighted by atomic mass is 9.89. The lowest BCUT2D eigenvalue weighted by molar-refractivity contribution is -0.480. The first-order valence-electron chi connectivity index (χ1n) is 8.96. The third-order valence-electron chi connectivity index (χ3n) is 4.67. The highest BCUT2D eigenvalue weighted by molar-refractivity contribution is 8.01. The number of rotatable bonds is 9. The van der Waals surface area contributed by atoms with E-state index in [2.05, 4.69) is 20.8 Å². The Morgan fingerprint density at radius 3 is 2.87 bits per heavy atom. The minimum atomic E-state index is -1.11. The van der Waals surface area contributed by atoms with Crippen LogP contribution in [0.25, 0.3) is 0 Å². The number of carbonyl (C=O) groups excluding carboxylic acids is 2. The summed E-state index contributed by atoms with van der Waals surface area (Å²) in [6.45, 7) is 1.76. The average Bonchev–Trinajstić information content (AvgIpc) is 3.12. The van der Waals surface area contributed by atoms with E-state index in [9.17, 15) is 29.6 Å². The Kier molecular flexibility index (Phi) is 7.02. The maximum atomic E-state index is 12.5. The Bertz CT molecular complexity index is 853. The summed E-state index contributed by atoms with van der Waals surface area (Å²) in [4.78, 5) is 47.7. The van der Waals surface area contributed by atoms with E-state index in [1.165, 1.54) is 39.8 Å². The van der Waals surface area contributed by atoms with Crippen LogP contribution in [0.3, 0.4) is 0 Å². The molecule has 12 nitrogen and oxygen atoms in total. The molecule has 3 amide bonds. The Hall–Kier alpha value is -2.13. The Morgan fingerprint density at radius 1 is 1.47 bits per heavy atom. The molecule has 1 aromatic heterocycles. The standard InChI is InChI=1S/C15H20N6O6S3/c1-8-18-19-14(30-8)29-7-15(12(23)24)5-20-10(22)9(11(20)28-6-15)17-13(25)16-3-2-4-21(26)27/h9,11H,2-7H2,1H3,(H,23,24)(H2,16,17,25)/t9?,11-,15?/m1/s1. The van der Waals surface area contributed by atoms with Crippen molar-refractivity contribution in [3.05, 3.63) is 15.1 Å². The molecule has 3 heterocycles. The van der Waals surface area contributed by atoms with Crippen LogP contribution in [0.1, 0.15) is 11.4 Å². The van der Waals surface area contributed by atoms with E-state index >= 15 is 0 Å². The summed E-state index contributed by atoms with van der Waals surface area (Å²) < 4.78 is 0.684. The second-order valence-corrected chi connectivity index (χ2v) is 10.4. The fourth-order valence-corrected chi connectivity index (χ4v) is 6.72. The number of nitrogens with zero attached hydrogens (tertiary/aromatic N) is 4. The van der Waals surface area contributed by atoms with E-state index in [1.807, 2.05) is 6.92 Å². The Morgan fingerprint density at radius 2 is 2.23 bits per heavy atom. The molecular formula is C15H20N6O6S3. The molecule has 3 rings (SSSR count). The number of carboxylic acids is 1. The lowest BCUT2D eigenvalue weighted by Crippen LogP contribution is -2.74. The molecule has 0 saturated carbocycles. The SMILES string of the molecule is Cc1nnc(SCC2(C(=O)O)CS[C@@H]3C(NC(=O)NCCC[N+](=O)[O-])C(=O)N3C2)s1. The third kappa shape index (κ3) is 4.95. The summed E-state index contributed by atoms with van der Waals surface area (Å²) in [5.41, 5.74) is -1.11. The van der Waals surface area contributed by atoms with Crippen molar-refractivity contribution >= 4 is 52.8 Å². The Labute approximate surface area is 183 Å². The molecule has 0 aliphatic carbocycles. The van der Waals surface area contributed by atoms with Gasteiger partial charge >= 0.3 is 12.0 Å². The number of nitrogens with one attached hydrogen (secondary N) is 2. The van der Waals surface area contributed by atoms with Crippen molar-refractivity contribution in [2.24, 2.45) is 5.41 Å². The molecule has 2 unspecified atom stereocenters. The second kappa shape index (κ2) is 9.34. The highest BCUT2D eigenvalue weighted by Gasteiger charge is 2.57. The van der Waals surface area contributed by atoms with Crippen molar-refractivity contribution in [1.29, 1.82) is 0 Å². The number of fused-ring (bicyclic) bond motifs is 1. The maximum absolute atomic E-state index is 12.5. The van der Waals surface area contributed by atoms with Crippen LogP contribution in [-0.4, -0.2) is 85.6 Å². The van der Waals surface area contributed by atoms with E-state index in [-0.39, 0.29) is 43.1 Å². The van der Waals surface area contributed by atoms with E-state index in [0.717, 1.165) is 5.01 Å². The van der Waals surface area contributed by atoms with Gasteiger partial charge in [0.25, 0.3) is 0 Å². The predicted octanol–water partition coefficient (Wildman–Crippen LogP) is 0.259. The number of nitro groups is 1. The third-order valence-corrected chi connectivity index (χ3v) is 8.52. The molecular weight excluding hydrogens is 456 g/mol. The van der Waals surface area contributed by atoms with Crippen LogP contribution in [0.4, 0.5) is 4.79 Å². The van der Waals surface area contributed by atoms with E-state index in [1.54, 1.807) is 0 Å². The summed E-state index contributed by atoms with van der Waals surface area (Å²) in [6, 6.07) is -1.31. The normalized spacial score (nSPS) is 25.2. The summed E-state index contributed by atoms with van der Waals surface area (Å²) in [7, 11) is 0. The minimum absolute atomic E-state index is 0.0618. The number of hydrogen-bond donors (Lipinski definition) is 3. The molecule has 2 aliphatic heterocycles. The van der Waals surface area contributed by atoms with E-state index in [4.69, 9.17) is 0 Å². The molecule has 2 saturated heterocycles. The predicted molar refractivity (Wildman–Crippen MR) is 110 cm³/mol. The van der Waals surface area contributed by atoms with Crippen molar-refractivity contribution in [3.63, 3.8) is 0 Å². The van der Waals surface area contributed by atoms with Gasteiger partial charge in [-0.05, 0) is 6.92 Å². The maximum Gasteiger partial charge on any atom is 0.315 e. The molecule has 3 atom stereocenters. The van der Waals surface area contributed by atoms with Gasteiger partial charge in [0.15, 0.2) is 4.34 Å². The second-order valence-electron chi connectivity index (χ2n) is 6.92. The van der Waals surface area contributed by atoms with Crippen LogP contribution in [0, 0.1) is 22.5 Å². The molecule has 3 N–H and O–H groups in total. The van der Waals surface area contributed by atoms with Crippen LogP contribution in [0.5, 0.6) is 0 Å². The number of β-lactam (4-membered cyclic amide) rings is 1. The van der Waals surface area contributed by atoms with Crippen LogP contribution in [0.15, 0.2) is 4.34 Å². The molecule has 15 heteroatoms.